The Morgan fingerprint density at radius 1 is 1.28 bits per heavy atom. The standard InChI is InChI=1S/C17H18N6O2/c1-12-14(9-19-23(12)13-5-3-2-4-6-13)16(24)22-8-7-17(25,11-22)15-10-18-21-20-15/h2-6,9-10,25H,7-8,11H2,1H3,(H,18,20,21)/t17-/m0/s1. The van der Waals surface area contributed by atoms with E-state index < -0.39 is 5.60 Å². The first kappa shape index (κ1) is 15.5. The molecular weight excluding hydrogens is 320 g/mol. The van der Waals surface area contributed by atoms with Gasteiger partial charge in [0, 0.05) is 13.0 Å². The summed E-state index contributed by atoms with van der Waals surface area (Å²) in [5.74, 6) is -0.140. The highest BCUT2D eigenvalue weighted by Gasteiger charge is 2.42. The highest BCUT2D eigenvalue weighted by atomic mass is 16.3. The SMILES string of the molecule is Cc1c(C(=O)N2CC[C@@](O)(c3cn[nH]n3)C2)cnn1-c1ccccc1. The predicted octanol–water partition coefficient (Wildman–Crippen LogP) is 1.03. The van der Waals surface area contributed by atoms with E-state index in [1.807, 2.05) is 37.3 Å². The van der Waals surface area contributed by atoms with Crippen LogP contribution in [0.25, 0.3) is 5.69 Å². The van der Waals surface area contributed by atoms with Crippen LogP contribution in [-0.2, 0) is 5.60 Å². The third-order valence-electron chi connectivity index (χ3n) is 4.67. The molecule has 1 saturated heterocycles. The number of amides is 1. The second kappa shape index (κ2) is 5.82. The molecule has 2 N–H and O–H groups in total. The van der Waals surface area contributed by atoms with E-state index in [4.69, 9.17) is 0 Å². The molecule has 8 heteroatoms. The summed E-state index contributed by atoms with van der Waals surface area (Å²) in [6, 6.07) is 9.66. The molecule has 3 aromatic rings. The monoisotopic (exact) mass is 338 g/mol. The molecular formula is C17H18N6O2. The topological polar surface area (TPSA) is 99.9 Å². The van der Waals surface area contributed by atoms with Gasteiger partial charge in [0.15, 0.2) is 0 Å². The first-order valence-electron chi connectivity index (χ1n) is 8.06. The molecule has 1 aliphatic heterocycles. The molecule has 4 rings (SSSR count). The number of H-pyrrole nitrogens is 1. The minimum atomic E-state index is -1.16. The number of nitrogens with one attached hydrogen (secondary N) is 1. The zero-order chi connectivity index (χ0) is 17.4. The fourth-order valence-electron chi connectivity index (χ4n) is 3.22. The van der Waals surface area contributed by atoms with Gasteiger partial charge in [-0.25, -0.2) is 4.68 Å². The fraction of sp³-hybridized carbons (Fsp3) is 0.294. The molecule has 2 aromatic heterocycles. The number of hydrogen-bond donors (Lipinski definition) is 2. The smallest absolute Gasteiger partial charge is 0.257 e. The Balaban J connectivity index is 1.58. The second-order valence-corrected chi connectivity index (χ2v) is 6.25. The summed E-state index contributed by atoms with van der Waals surface area (Å²) >= 11 is 0. The van der Waals surface area contributed by atoms with Crippen molar-refractivity contribution in [1.29, 1.82) is 0 Å². The van der Waals surface area contributed by atoms with Gasteiger partial charge in [0.05, 0.1) is 35.9 Å². The summed E-state index contributed by atoms with van der Waals surface area (Å²) in [6.07, 6.45) is 3.50. The van der Waals surface area contributed by atoms with Crippen LogP contribution in [0.1, 0.15) is 28.2 Å². The first-order chi connectivity index (χ1) is 12.1. The van der Waals surface area contributed by atoms with E-state index in [9.17, 15) is 9.90 Å². The summed E-state index contributed by atoms with van der Waals surface area (Å²) < 4.78 is 1.74. The average molecular weight is 338 g/mol. The highest BCUT2D eigenvalue weighted by Crippen LogP contribution is 2.31. The van der Waals surface area contributed by atoms with Crippen molar-refractivity contribution >= 4 is 5.91 Å². The minimum Gasteiger partial charge on any atom is -0.381 e. The van der Waals surface area contributed by atoms with Crippen LogP contribution in [-0.4, -0.2) is 54.2 Å². The Morgan fingerprint density at radius 2 is 2.08 bits per heavy atom. The van der Waals surface area contributed by atoms with Gasteiger partial charge in [0.25, 0.3) is 5.91 Å². The summed E-state index contributed by atoms with van der Waals surface area (Å²) in [5, 5.41) is 25.3. The van der Waals surface area contributed by atoms with Crippen LogP contribution in [0.15, 0.2) is 42.7 Å². The maximum absolute atomic E-state index is 12.9. The molecule has 128 valence electrons. The van der Waals surface area contributed by atoms with Crippen LogP contribution in [0.4, 0.5) is 0 Å². The number of benzene rings is 1. The van der Waals surface area contributed by atoms with Crippen LogP contribution in [0.5, 0.6) is 0 Å². The Kier molecular flexibility index (Phi) is 3.61. The summed E-state index contributed by atoms with van der Waals surface area (Å²) in [4.78, 5) is 14.5. The first-order valence-corrected chi connectivity index (χ1v) is 8.06. The maximum Gasteiger partial charge on any atom is 0.257 e. The van der Waals surface area contributed by atoms with E-state index in [0.29, 0.717) is 24.2 Å². The number of aromatic nitrogens is 5. The number of aromatic amines is 1. The molecule has 1 amide bonds. The predicted molar refractivity (Wildman–Crippen MR) is 89.1 cm³/mol. The van der Waals surface area contributed by atoms with Gasteiger partial charge in [0.2, 0.25) is 0 Å². The lowest BCUT2D eigenvalue weighted by Crippen LogP contribution is -2.34. The van der Waals surface area contributed by atoms with Gasteiger partial charge in [-0.15, -0.1) is 0 Å². The quantitative estimate of drug-likeness (QED) is 0.743. The zero-order valence-corrected chi connectivity index (χ0v) is 13.8. The van der Waals surface area contributed by atoms with Gasteiger partial charge < -0.3 is 10.0 Å². The lowest BCUT2D eigenvalue weighted by atomic mass is 10.00. The normalized spacial score (nSPS) is 20.2. The Morgan fingerprint density at radius 3 is 2.80 bits per heavy atom. The van der Waals surface area contributed by atoms with E-state index in [1.54, 1.807) is 15.8 Å². The molecule has 1 fully saturated rings. The van der Waals surface area contributed by atoms with Crippen LogP contribution in [0, 0.1) is 6.92 Å². The largest absolute Gasteiger partial charge is 0.381 e. The highest BCUT2D eigenvalue weighted by molar-refractivity contribution is 5.95. The average Bonchev–Trinajstić information content (AvgIpc) is 3.35. The van der Waals surface area contributed by atoms with E-state index in [2.05, 4.69) is 20.5 Å². The number of para-hydroxylation sites is 1. The number of carbonyl (C=O) groups is 1. The number of carbonyl (C=O) groups excluding carboxylic acids is 1. The molecule has 0 aliphatic carbocycles. The van der Waals surface area contributed by atoms with Crippen molar-refractivity contribution in [3.05, 3.63) is 59.7 Å². The summed E-state index contributed by atoms with van der Waals surface area (Å²) in [5.41, 5.74) is 1.51. The molecule has 0 bridgehead atoms. The van der Waals surface area contributed by atoms with Crippen molar-refractivity contribution < 1.29 is 9.90 Å². The molecule has 0 spiro atoms. The molecule has 3 heterocycles. The van der Waals surface area contributed by atoms with Crippen molar-refractivity contribution in [3.8, 4) is 5.69 Å². The van der Waals surface area contributed by atoms with Crippen molar-refractivity contribution in [2.75, 3.05) is 13.1 Å². The van der Waals surface area contributed by atoms with Gasteiger partial charge >= 0.3 is 0 Å². The lowest BCUT2D eigenvalue weighted by Gasteiger charge is -2.21. The Hall–Kier alpha value is -3.00. The summed E-state index contributed by atoms with van der Waals surface area (Å²) in [6.45, 7) is 2.51. The van der Waals surface area contributed by atoms with Crippen LogP contribution < -0.4 is 0 Å². The molecule has 8 nitrogen and oxygen atoms in total. The molecule has 1 aliphatic rings. The number of rotatable bonds is 3. The van der Waals surface area contributed by atoms with Crippen LogP contribution in [0.3, 0.4) is 0 Å². The Bertz CT molecular complexity index is 889. The van der Waals surface area contributed by atoms with Gasteiger partial charge in [-0.3, -0.25) is 4.79 Å². The fourth-order valence-corrected chi connectivity index (χ4v) is 3.22. The van der Waals surface area contributed by atoms with Crippen LogP contribution >= 0.6 is 0 Å². The second-order valence-electron chi connectivity index (χ2n) is 6.25. The molecule has 0 unspecified atom stereocenters. The zero-order valence-electron chi connectivity index (χ0n) is 13.8. The van der Waals surface area contributed by atoms with Crippen molar-refractivity contribution in [3.63, 3.8) is 0 Å². The Labute approximate surface area is 144 Å². The van der Waals surface area contributed by atoms with Gasteiger partial charge in [-0.05, 0) is 19.1 Å². The number of likely N-dealkylation sites (tertiary alicyclic amines) is 1. The van der Waals surface area contributed by atoms with Crippen molar-refractivity contribution in [2.45, 2.75) is 18.9 Å². The third-order valence-corrected chi connectivity index (χ3v) is 4.67. The van der Waals surface area contributed by atoms with Gasteiger partial charge in [-0.2, -0.15) is 20.5 Å². The molecule has 1 atom stereocenters. The van der Waals surface area contributed by atoms with Gasteiger partial charge in [-0.1, -0.05) is 18.2 Å². The molecule has 25 heavy (non-hydrogen) atoms. The minimum absolute atomic E-state index is 0.140. The van der Waals surface area contributed by atoms with E-state index >= 15 is 0 Å². The van der Waals surface area contributed by atoms with Gasteiger partial charge in [0.1, 0.15) is 11.3 Å². The van der Waals surface area contributed by atoms with Crippen molar-refractivity contribution in [1.82, 2.24) is 30.1 Å². The number of hydrogen-bond acceptors (Lipinski definition) is 5. The van der Waals surface area contributed by atoms with Crippen molar-refractivity contribution in [2.24, 2.45) is 0 Å². The summed E-state index contributed by atoms with van der Waals surface area (Å²) in [7, 11) is 0. The van der Waals surface area contributed by atoms with E-state index in [-0.39, 0.29) is 12.5 Å². The van der Waals surface area contributed by atoms with E-state index in [0.717, 1.165) is 11.4 Å². The van der Waals surface area contributed by atoms with Crippen LogP contribution in [0.2, 0.25) is 0 Å². The maximum atomic E-state index is 12.9. The molecule has 1 aromatic carbocycles. The molecule has 0 radical (unpaired) electrons. The lowest BCUT2D eigenvalue weighted by molar-refractivity contribution is 0.0382. The number of aliphatic hydroxyl groups is 1. The third kappa shape index (κ3) is 2.60. The molecule has 0 saturated carbocycles. The van der Waals surface area contributed by atoms with E-state index in [1.165, 1.54) is 6.20 Å². The number of nitrogens with zero attached hydrogens (tertiary/aromatic N) is 5. The number of β-amino-alcohol motifs (C(OH)–C–C–N with tert-alkyl or cyclic N) is 1.